The van der Waals surface area contributed by atoms with Crippen molar-refractivity contribution >= 4 is 17.4 Å². The average molecular weight is 229 g/mol. The molecule has 0 atom stereocenters. The lowest BCUT2D eigenvalue weighted by atomic mass is 9.89. The van der Waals surface area contributed by atoms with Gasteiger partial charge in [-0.05, 0) is 37.7 Å². The smallest absolute Gasteiger partial charge is 0.155 e. The Morgan fingerprint density at radius 2 is 1.93 bits per heavy atom. The van der Waals surface area contributed by atoms with Crippen molar-refractivity contribution in [1.29, 1.82) is 0 Å². The fraction of sp³-hybridized carbons (Fsp3) is 0.769. The maximum Gasteiger partial charge on any atom is 0.155 e. The van der Waals surface area contributed by atoms with Crippen molar-refractivity contribution in [3.63, 3.8) is 0 Å². The summed E-state index contributed by atoms with van der Waals surface area (Å²) >= 11 is 5.55. The lowest BCUT2D eigenvalue weighted by Gasteiger charge is -2.17. The fourth-order valence-electron chi connectivity index (χ4n) is 2.05. The molecule has 2 heteroatoms. The number of rotatable bonds is 6. The van der Waals surface area contributed by atoms with Crippen molar-refractivity contribution in [3.8, 4) is 0 Å². The van der Waals surface area contributed by atoms with Gasteiger partial charge in [0, 0.05) is 12.3 Å². The van der Waals surface area contributed by atoms with E-state index in [-0.39, 0.29) is 5.78 Å². The van der Waals surface area contributed by atoms with Crippen LogP contribution in [0.4, 0.5) is 0 Å². The molecule has 0 unspecified atom stereocenters. The van der Waals surface area contributed by atoms with Crippen LogP contribution in [0.2, 0.25) is 0 Å². The van der Waals surface area contributed by atoms with Gasteiger partial charge in [-0.2, -0.15) is 0 Å². The Balaban J connectivity index is 2.14. The number of alkyl halides is 1. The van der Waals surface area contributed by atoms with Gasteiger partial charge < -0.3 is 0 Å². The molecule has 0 saturated heterocycles. The van der Waals surface area contributed by atoms with E-state index in [0.717, 1.165) is 12.8 Å². The molecular weight excluding hydrogens is 208 g/mol. The number of allylic oxidation sites excluding steroid dienone is 2. The number of carbonyl (C=O) groups is 1. The van der Waals surface area contributed by atoms with Crippen molar-refractivity contribution in [3.05, 3.63) is 12.2 Å². The highest BCUT2D eigenvalue weighted by Gasteiger charge is 2.10. The summed E-state index contributed by atoms with van der Waals surface area (Å²) in [7, 11) is 0. The van der Waals surface area contributed by atoms with E-state index in [2.05, 4.69) is 6.08 Å². The third-order valence-electron chi connectivity index (χ3n) is 3.01. The van der Waals surface area contributed by atoms with Crippen LogP contribution in [0.15, 0.2) is 12.2 Å². The van der Waals surface area contributed by atoms with Crippen LogP contribution in [0, 0.1) is 5.92 Å². The summed E-state index contributed by atoms with van der Waals surface area (Å²) in [6.45, 7) is 0. The fourth-order valence-corrected chi connectivity index (χ4v) is 2.24. The molecule has 1 aliphatic rings. The van der Waals surface area contributed by atoms with Crippen LogP contribution in [0.3, 0.4) is 0 Å². The van der Waals surface area contributed by atoms with Crippen LogP contribution in [-0.2, 0) is 4.79 Å². The first kappa shape index (κ1) is 12.8. The van der Waals surface area contributed by atoms with E-state index in [0.29, 0.717) is 18.2 Å². The molecular formula is C13H21ClO. The molecule has 0 aliphatic heterocycles. The zero-order chi connectivity index (χ0) is 10.9. The van der Waals surface area contributed by atoms with Crippen LogP contribution in [-0.4, -0.2) is 11.7 Å². The van der Waals surface area contributed by atoms with E-state index in [1.807, 2.05) is 0 Å². The maximum atomic E-state index is 11.4. The molecule has 15 heavy (non-hydrogen) atoms. The summed E-state index contributed by atoms with van der Waals surface area (Å²) in [4.78, 5) is 11.4. The molecule has 0 aromatic carbocycles. The van der Waals surface area contributed by atoms with Crippen molar-refractivity contribution < 1.29 is 4.79 Å². The largest absolute Gasteiger partial charge is 0.295 e. The molecule has 0 bridgehead atoms. The Kier molecular flexibility index (Phi) is 6.74. The molecule has 0 heterocycles. The zero-order valence-corrected chi connectivity index (χ0v) is 10.1. The van der Waals surface area contributed by atoms with E-state index in [4.69, 9.17) is 11.6 Å². The van der Waals surface area contributed by atoms with Crippen molar-refractivity contribution in [2.24, 2.45) is 5.92 Å². The molecule has 1 fully saturated rings. The first-order valence-corrected chi connectivity index (χ1v) is 6.63. The van der Waals surface area contributed by atoms with Crippen LogP contribution < -0.4 is 0 Å². The molecule has 86 valence electrons. The van der Waals surface area contributed by atoms with Gasteiger partial charge in [-0.1, -0.05) is 25.3 Å². The third-order valence-corrected chi connectivity index (χ3v) is 3.28. The molecule has 1 aliphatic carbocycles. The lowest BCUT2D eigenvalue weighted by Crippen LogP contribution is -2.03. The summed E-state index contributed by atoms with van der Waals surface area (Å²) in [5, 5.41) is 0. The first-order valence-electron chi connectivity index (χ1n) is 6.10. The number of carbonyl (C=O) groups excluding carboxylic acids is 1. The molecule has 1 rings (SSSR count). The van der Waals surface area contributed by atoms with E-state index in [9.17, 15) is 4.79 Å². The van der Waals surface area contributed by atoms with Gasteiger partial charge >= 0.3 is 0 Å². The molecule has 0 aromatic heterocycles. The number of hydrogen-bond acceptors (Lipinski definition) is 1. The Labute approximate surface area is 97.9 Å². The molecule has 0 amide bonds. The third kappa shape index (κ3) is 5.99. The first-order chi connectivity index (χ1) is 7.33. The predicted molar refractivity (Wildman–Crippen MR) is 65.3 cm³/mol. The Hall–Kier alpha value is -0.300. The Morgan fingerprint density at radius 3 is 2.60 bits per heavy atom. The zero-order valence-electron chi connectivity index (χ0n) is 9.38. The van der Waals surface area contributed by atoms with Crippen LogP contribution in [0.1, 0.15) is 51.4 Å². The quantitative estimate of drug-likeness (QED) is 0.380. The molecule has 0 aromatic rings. The van der Waals surface area contributed by atoms with Gasteiger partial charge in [0.25, 0.3) is 0 Å². The Morgan fingerprint density at radius 1 is 1.20 bits per heavy atom. The molecule has 0 spiro atoms. The Bertz CT molecular complexity index is 205. The SMILES string of the molecule is O=C(/C=C/C1CCCCC1)CCCCCl. The van der Waals surface area contributed by atoms with Crippen LogP contribution in [0.25, 0.3) is 0 Å². The molecule has 1 nitrogen and oxygen atoms in total. The van der Waals surface area contributed by atoms with Crippen molar-refractivity contribution in [2.75, 3.05) is 5.88 Å². The minimum absolute atomic E-state index is 0.269. The summed E-state index contributed by atoms with van der Waals surface area (Å²) < 4.78 is 0. The number of halogens is 1. The van der Waals surface area contributed by atoms with Gasteiger partial charge in [0.05, 0.1) is 0 Å². The minimum Gasteiger partial charge on any atom is -0.295 e. The minimum atomic E-state index is 0.269. The number of ketones is 1. The van der Waals surface area contributed by atoms with Crippen molar-refractivity contribution in [1.82, 2.24) is 0 Å². The molecule has 1 saturated carbocycles. The normalized spacial score (nSPS) is 18.5. The van der Waals surface area contributed by atoms with Gasteiger partial charge in [0.2, 0.25) is 0 Å². The van der Waals surface area contributed by atoms with E-state index in [1.54, 1.807) is 6.08 Å². The summed E-state index contributed by atoms with van der Waals surface area (Å²) in [6.07, 6.45) is 13.0. The van der Waals surface area contributed by atoms with Gasteiger partial charge in [-0.25, -0.2) is 0 Å². The summed E-state index contributed by atoms with van der Waals surface area (Å²) in [5.41, 5.74) is 0. The van der Waals surface area contributed by atoms with Gasteiger partial charge in [0.15, 0.2) is 5.78 Å². The second-order valence-electron chi connectivity index (χ2n) is 4.37. The average Bonchev–Trinajstić information content (AvgIpc) is 2.28. The number of hydrogen-bond donors (Lipinski definition) is 0. The molecule has 0 radical (unpaired) electrons. The van der Waals surface area contributed by atoms with Gasteiger partial charge in [-0.15, -0.1) is 11.6 Å². The summed E-state index contributed by atoms with van der Waals surface area (Å²) in [6, 6.07) is 0. The number of unbranched alkanes of at least 4 members (excludes halogenated alkanes) is 1. The summed E-state index contributed by atoms with van der Waals surface area (Å²) in [5.74, 6) is 1.60. The predicted octanol–water partition coefficient (Wildman–Crippen LogP) is 4.10. The van der Waals surface area contributed by atoms with Gasteiger partial charge in [0.1, 0.15) is 0 Å². The highest BCUT2D eigenvalue weighted by atomic mass is 35.5. The van der Waals surface area contributed by atoms with E-state index < -0.39 is 0 Å². The van der Waals surface area contributed by atoms with E-state index >= 15 is 0 Å². The topological polar surface area (TPSA) is 17.1 Å². The standard InChI is InChI=1S/C13H21ClO/c14-11-5-4-8-13(15)10-9-12-6-2-1-3-7-12/h9-10,12H,1-8,11H2/b10-9+. The second kappa shape index (κ2) is 7.92. The molecule has 0 N–H and O–H groups in total. The van der Waals surface area contributed by atoms with Crippen LogP contribution >= 0.6 is 11.6 Å². The van der Waals surface area contributed by atoms with Crippen molar-refractivity contribution in [2.45, 2.75) is 51.4 Å². The highest BCUT2D eigenvalue weighted by molar-refractivity contribution is 6.17. The van der Waals surface area contributed by atoms with Crippen LogP contribution in [0.5, 0.6) is 0 Å². The van der Waals surface area contributed by atoms with Gasteiger partial charge in [-0.3, -0.25) is 4.79 Å². The highest BCUT2D eigenvalue weighted by Crippen LogP contribution is 2.24. The van der Waals surface area contributed by atoms with E-state index in [1.165, 1.54) is 32.1 Å². The monoisotopic (exact) mass is 228 g/mol. The maximum absolute atomic E-state index is 11.4. The second-order valence-corrected chi connectivity index (χ2v) is 4.75. The lowest BCUT2D eigenvalue weighted by molar-refractivity contribution is -0.114.